The summed E-state index contributed by atoms with van der Waals surface area (Å²) >= 11 is 0. The molecular formula is C12H23NO3. The highest BCUT2D eigenvalue weighted by Gasteiger charge is 2.30. The molecule has 1 aliphatic carbocycles. The zero-order valence-electron chi connectivity index (χ0n) is 10.2. The first kappa shape index (κ1) is 13.5. The normalized spacial score (nSPS) is 27.6. The molecule has 1 rings (SSSR count). The van der Waals surface area contributed by atoms with E-state index in [1.807, 2.05) is 0 Å². The van der Waals surface area contributed by atoms with Crippen molar-refractivity contribution >= 4 is 5.97 Å². The van der Waals surface area contributed by atoms with Crippen molar-refractivity contribution in [1.82, 2.24) is 5.32 Å². The molecule has 0 radical (unpaired) electrons. The number of hydrogen-bond acceptors (Lipinski definition) is 3. The van der Waals surface area contributed by atoms with Crippen LogP contribution in [-0.2, 0) is 9.53 Å². The van der Waals surface area contributed by atoms with Crippen LogP contribution in [0.15, 0.2) is 0 Å². The molecule has 0 aromatic carbocycles. The Balaban J connectivity index is 2.40. The van der Waals surface area contributed by atoms with Crippen molar-refractivity contribution in [3.63, 3.8) is 0 Å². The van der Waals surface area contributed by atoms with Gasteiger partial charge in [0.1, 0.15) is 6.04 Å². The molecule has 0 aromatic heterocycles. The maximum atomic E-state index is 11.2. The minimum atomic E-state index is -0.726. The second kappa shape index (κ2) is 6.86. The molecule has 1 saturated carbocycles. The number of carboxylic acid groups (broad SMARTS) is 1. The largest absolute Gasteiger partial charge is 0.480 e. The molecule has 1 atom stereocenters. The molecule has 1 unspecified atom stereocenters. The van der Waals surface area contributed by atoms with E-state index in [1.54, 1.807) is 7.11 Å². The van der Waals surface area contributed by atoms with E-state index in [-0.39, 0.29) is 5.92 Å². The highest BCUT2D eigenvalue weighted by Crippen LogP contribution is 2.30. The molecule has 4 nitrogen and oxygen atoms in total. The van der Waals surface area contributed by atoms with E-state index >= 15 is 0 Å². The summed E-state index contributed by atoms with van der Waals surface area (Å²) in [5.74, 6) is 0.311. The summed E-state index contributed by atoms with van der Waals surface area (Å²) in [6.07, 6.45) is 4.36. The predicted octanol–water partition coefficient (Wildman–Crippen LogP) is 1.50. The quantitative estimate of drug-likeness (QED) is 0.678. The second-order valence-electron chi connectivity index (χ2n) is 4.78. The number of aliphatic carboxylic acids is 1. The highest BCUT2D eigenvalue weighted by atomic mass is 16.5. The summed E-state index contributed by atoms with van der Waals surface area (Å²) in [6.45, 7) is 3.41. The lowest BCUT2D eigenvalue weighted by Gasteiger charge is -2.31. The van der Waals surface area contributed by atoms with Crippen LogP contribution >= 0.6 is 0 Å². The number of hydrogen-bond donors (Lipinski definition) is 2. The van der Waals surface area contributed by atoms with Gasteiger partial charge in [-0.25, -0.2) is 0 Å². The van der Waals surface area contributed by atoms with Crippen LogP contribution in [-0.4, -0.2) is 37.4 Å². The van der Waals surface area contributed by atoms with Gasteiger partial charge in [0.2, 0.25) is 0 Å². The van der Waals surface area contributed by atoms with Gasteiger partial charge in [0, 0.05) is 13.7 Å². The van der Waals surface area contributed by atoms with Gasteiger partial charge in [0.05, 0.1) is 6.61 Å². The molecule has 2 N–H and O–H groups in total. The summed E-state index contributed by atoms with van der Waals surface area (Å²) in [7, 11) is 1.62. The second-order valence-corrected chi connectivity index (χ2v) is 4.78. The van der Waals surface area contributed by atoms with Crippen molar-refractivity contribution in [3.8, 4) is 0 Å². The summed E-state index contributed by atoms with van der Waals surface area (Å²) in [4.78, 5) is 11.2. The average molecular weight is 229 g/mol. The Kier molecular flexibility index (Phi) is 5.77. The van der Waals surface area contributed by atoms with Crippen LogP contribution in [0.1, 0.15) is 32.6 Å². The summed E-state index contributed by atoms with van der Waals surface area (Å²) < 4.78 is 4.92. The minimum Gasteiger partial charge on any atom is -0.480 e. The maximum absolute atomic E-state index is 11.2. The average Bonchev–Trinajstić information content (AvgIpc) is 2.26. The molecule has 4 heteroatoms. The van der Waals surface area contributed by atoms with Gasteiger partial charge in [-0.2, -0.15) is 0 Å². The number of methoxy groups -OCH3 is 1. The zero-order chi connectivity index (χ0) is 12.0. The van der Waals surface area contributed by atoms with Crippen molar-refractivity contribution in [2.24, 2.45) is 11.8 Å². The predicted molar refractivity (Wildman–Crippen MR) is 62.4 cm³/mol. The Labute approximate surface area is 97.4 Å². The van der Waals surface area contributed by atoms with E-state index in [9.17, 15) is 9.90 Å². The number of carboxylic acids is 1. The first-order chi connectivity index (χ1) is 7.65. The third kappa shape index (κ3) is 4.10. The number of ether oxygens (including phenoxy) is 1. The van der Waals surface area contributed by atoms with Gasteiger partial charge < -0.3 is 15.2 Å². The van der Waals surface area contributed by atoms with E-state index in [0.29, 0.717) is 13.2 Å². The molecule has 94 valence electrons. The molecule has 0 saturated heterocycles. The van der Waals surface area contributed by atoms with Gasteiger partial charge >= 0.3 is 5.97 Å². The molecule has 0 spiro atoms. The number of nitrogens with one attached hydrogen (secondary N) is 1. The Morgan fingerprint density at radius 3 is 2.56 bits per heavy atom. The van der Waals surface area contributed by atoms with Crippen molar-refractivity contribution in [3.05, 3.63) is 0 Å². The van der Waals surface area contributed by atoms with Crippen LogP contribution in [0.5, 0.6) is 0 Å². The van der Waals surface area contributed by atoms with Gasteiger partial charge in [-0.15, -0.1) is 0 Å². The van der Waals surface area contributed by atoms with E-state index < -0.39 is 12.0 Å². The minimum absolute atomic E-state index is 0.283. The van der Waals surface area contributed by atoms with Gasteiger partial charge in [0.15, 0.2) is 0 Å². The smallest absolute Gasteiger partial charge is 0.320 e. The van der Waals surface area contributed by atoms with Crippen molar-refractivity contribution in [2.75, 3.05) is 20.3 Å². The van der Waals surface area contributed by atoms with Gasteiger partial charge in [-0.05, 0) is 24.7 Å². The Bertz CT molecular complexity index is 212. The van der Waals surface area contributed by atoms with Crippen molar-refractivity contribution in [1.29, 1.82) is 0 Å². The van der Waals surface area contributed by atoms with Crippen LogP contribution in [0.4, 0.5) is 0 Å². The summed E-state index contributed by atoms with van der Waals surface area (Å²) in [5, 5.41) is 12.3. The monoisotopic (exact) mass is 229 g/mol. The third-order valence-corrected chi connectivity index (χ3v) is 3.47. The molecule has 16 heavy (non-hydrogen) atoms. The lowest BCUT2D eigenvalue weighted by Crippen LogP contribution is -2.45. The van der Waals surface area contributed by atoms with Gasteiger partial charge in [-0.1, -0.05) is 19.8 Å². The van der Waals surface area contributed by atoms with E-state index in [0.717, 1.165) is 31.6 Å². The van der Waals surface area contributed by atoms with Crippen LogP contribution in [0.25, 0.3) is 0 Å². The maximum Gasteiger partial charge on any atom is 0.320 e. The molecule has 1 aliphatic rings. The van der Waals surface area contributed by atoms with Crippen LogP contribution in [0, 0.1) is 11.8 Å². The van der Waals surface area contributed by atoms with E-state index in [1.165, 1.54) is 0 Å². The summed E-state index contributed by atoms with van der Waals surface area (Å²) in [6, 6.07) is -0.400. The fourth-order valence-corrected chi connectivity index (χ4v) is 2.39. The van der Waals surface area contributed by atoms with Gasteiger partial charge in [-0.3, -0.25) is 4.79 Å². The van der Waals surface area contributed by atoms with Crippen LogP contribution in [0.2, 0.25) is 0 Å². The lowest BCUT2D eigenvalue weighted by atomic mass is 9.79. The number of carbonyl (C=O) groups is 1. The lowest BCUT2D eigenvalue weighted by molar-refractivity contribution is -0.141. The first-order valence-electron chi connectivity index (χ1n) is 6.10. The van der Waals surface area contributed by atoms with Crippen molar-refractivity contribution < 1.29 is 14.6 Å². The molecule has 0 bridgehead atoms. The molecule has 0 aliphatic heterocycles. The molecule has 1 fully saturated rings. The topological polar surface area (TPSA) is 58.6 Å². The molecular weight excluding hydrogens is 206 g/mol. The van der Waals surface area contributed by atoms with E-state index in [2.05, 4.69) is 12.2 Å². The molecule has 0 aromatic rings. The fourth-order valence-electron chi connectivity index (χ4n) is 2.39. The fraction of sp³-hybridized carbons (Fsp3) is 0.917. The Morgan fingerprint density at radius 2 is 2.06 bits per heavy atom. The first-order valence-corrected chi connectivity index (χ1v) is 6.10. The van der Waals surface area contributed by atoms with Crippen LogP contribution < -0.4 is 5.32 Å². The Hall–Kier alpha value is -0.610. The third-order valence-electron chi connectivity index (χ3n) is 3.47. The van der Waals surface area contributed by atoms with Gasteiger partial charge in [0.25, 0.3) is 0 Å². The molecule has 0 amide bonds. The van der Waals surface area contributed by atoms with E-state index in [4.69, 9.17) is 4.74 Å². The standard InChI is InChI=1S/C12H23NO3/c1-9-3-5-10(6-4-9)11(12(14)15)13-7-8-16-2/h9-11,13H,3-8H2,1-2H3,(H,14,15). The van der Waals surface area contributed by atoms with Crippen molar-refractivity contribution in [2.45, 2.75) is 38.6 Å². The highest BCUT2D eigenvalue weighted by molar-refractivity contribution is 5.73. The summed E-state index contributed by atoms with van der Waals surface area (Å²) in [5.41, 5.74) is 0. The molecule has 0 heterocycles. The van der Waals surface area contributed by atoms with Crippen LogP contribution in [0.3, 0.4) is 0 Å². The number of rotatable bonds is 6. The SMILES string of the molecule is COCCNC(C(=O)O)C1CCC(C)CC1. The Morgan fingerprint density at radius 1 is 1.44 bits per heavy atom. The zero-order valence-corrected chi connectivity index (χ0v) is 10.2.